The summed E-state index contributed by atoms with van der Waals surface area (Å²) in [6.45, 7) is 1.48. The molecule has 0 heterocycles. The van der Waals surface area contributed by atoms with Crippen LogP contribution in [-0.2, 0) is 4.79 Å². The molecule has 0 radical (unpaired) electrons. The van der Waals surface area contributed by atoms with E-state index in [0.29, 0.717) is 5.69 Å². The summed E-state index contributed by atoms with van der Waals surface area (Å²) in [5.41, 5.74) is 6.23. The van der Waals surface area contributed by atoms with Crippen molar-refractivity contribution in [2.24, 2.45) is 0 Å². The zero-order valence-corrected chi connectivity index (χ0v) is 10.4. The van der Waals surface area contributed by atoms with Crippen LogP contribution in [0, 0.1) is 0 Å². The van der Waals surface area contributed by atoms with Gasteiger partial charge in [0.1, 0.15) is 0 Å². The number of nitrogen functional groups attached to an aromatic ring is 1. The number of carbonyl (C=O) groups is 1. The normalized spacial score (nSPS) is 14.2. The second-order valence-corrected chi connectivity index (χ2v) is 5.33. The molecule has 0 aliphatic heterocycles. The molecule has 16 heavy (non-hydrogen) atoms. The molecule has 1 rings (SSSR count). The molecule has 88 valence electrons. The lowest BCUT2D eigenvalue weighted by Gasteiger charge is -2.25. The molecule has 4 nitrogen and oxygen atoms in total. The zero-order chi connectivity index (χ0) is 12.3. The van der Waals surface area contributed by atoms with E-state index in [4.69, 9.17) is 5.73 Å². The van der Waals surface area contributed by atoms with E-state index in [9.17, 15) is 9.90 Å². The maximum absolute atomic E-state index is 11.7. The van der Waals surface area contributed by atoms with Crippen molar-refractivity contribution in [3.8, 4) is 0 Å². The zero-order valence-electron chi connectivity index (χ0n) is 9.60. The van der Waals surface area contributed by atoms with Crippen LogP contribution >= 0.6 is 11.8 Å². The number of likely N-dealkylation sites (N-methyl/N-ethyl adjacent to an activating group) is 1. The van der Waals surface area contributed by atoms with Crippen LogP contribution < -0.4 is 5.73 Å². The number of anilines is 1. The lowest BCUT2D eigenvalue weighted by molar-refractivity contribution is -0.139. The average Bonchev–Trinajstić information content (AvgIpc) is 2.15. The molecule has 0 saturated heterocycles. The fourth-order valence-electron chi connectivity index (χ4n) is 1.27. The maximum Gasteiger partial charge on any atom is 0.264 e. The minimum atomic E-state index is -1.47. The van der Waals surface area contributed by atoms with Gasteiger partial charge in [-0.2, -0.15) is 0 Å². The minimum absolute atomic E-state index is 0.347. The molecule has 3 N–H and O–H groups in total. The van der Waals surface area contributed by atoms with E-state index < -0.39 is 4.93 Å². The van der Waals surface area contributed by atoms with Crippen molar-refractivity contribution in [3.05, 3.63) is 24.3 Å². The van der Waals surface area contributed by atoms with Crippen LogP contribution in [0.15, 0.2) is 29.2 Å². The van der Waals surface area contributed by atoms with Crippen LogP contribution in [0.25, 0.3) is 0 Å². The Bertz CT molecular complexity index is 391. The Morgan fingerprint density at radius 1 is 1.50 bits per heavy atom. The molecule has 0 aliphatic carbocycles. The Labute approximate surface area is 99.4 Å². The van der Waals surface area contributed by atoms with Crippen LogP contribution in [-0.4, -0.2) is 34.9 Å². The van der Waals surface area contributed by atoms with Gasteiger partial charge in [-0.3, -0.25) is 4.79 Å². The summed E-state index contributed by atoms with van der Waals surface area (Å²) >= 11 is 1.08. The van der Waals surface area contributed by atoms with E-state index >= 15 is 0 Å². The summed E-state index contributed by atoms with van der Waals surface area (Å²) in [6, 6.07) is 7.07. The SMILES string of the molecule is CN(C)C(=O)C(C)(O)Sc1cccc(N)c1. The molecular weight excluding hydrogens is 224 g/mol. The van der Waals surface area contributed by atoms with Gasteiger partial charge in [0.25, 0.3) is 5.91 Å². The topological polar surface area (TPSA) is 66.6 Å². The van der Waals surface area contributed by atoms with Gasteiger partial charge in [0.05, 0.1) is 0 Å². The van der Waals surface area contributed by atoms with Gasteiger partial charge < -0.3 is 15.7 Å². The van der Waals surface area contributed by atoms with E-state index in [0.717, 1.165) is 16.7 Å². The highest BCUT2D eigenvalue weighted by Gasteiger charge is 2.32. The first-order valence-corrected chi connectivity index (χ1v) is 5.63. The summed E-state index contributed by atoms with van der Waals surface area (Å²) in [5, 5.41) is 10.0. The molecule has 0 aromatic heterocycles. The molecule has 0 aliphatic rings. The standard InChI is InChI=1S/C11H16N2O2S/c1-11(15,10(14)13(2)3)16-9-6-4-5-8(12)7-9/h4-7,15H,12H2,1-3H3. The third-order valence-electron chi connectivity index (χ3n) is 1.98. The van der Waals surface area contributed by atoms with Crippen molar-refractivity contribution in [2.75, 3.05) is 19.8 Å². The lowest BCUT2D eigenvalue weighted by atomic mass is 10.3. The average molecular weight is 240 g/mol. The van der Waals surface area contributed by atoms with Crippen molar-refractivity contribution in [3.63, 3.8) is 0 Å². The smallest absolute Gasteiger partial charge is 0.264 e. The monoisotopic (exact) mass is 240 g/mol. The van der Waals surface area contributed by atoms with Gasteiger partial charge in [-0.05, 0) is 25.1 Å². The van der Waals surface area contributed by atoms with Gasteiger partial charge in [-0.15, -0.1) is 0 Å². The molecule has 1 amide bonds. The van der Waals surface area contributed by atoms with Crippen molar-refractivity contribution in [1.82, 2.24) is 4.90 Å². The molecule has 1 aromatic rings. The molecule has 0 spiro atoms. The maximum atomic E-state index is 11.7. The van der Waals surface area contributed by atoms with E-state index in [-0.39, 0.29) is 5.91 Å². The van der Waals surface area contributed by atoms with Gasteiger partial charge in [-0.1, -0.05) is 17.8 Å². The van der Waals surface area contributed by atoms with Crippen LogP contribution in [0.2, 0.25) is 0 Å². The molecule has 0 fully saturated rings. The minimum Gasteiger partial charge on any atom is -0.399 e. The number of hydrogen-bond donors (Lipinski definition) is 2. The highest BCUT2D eigenvalue weighted by molar-refractivity contribution is 8.01. The van der Waals surface area contributed by atoms with Crippen LogP contribution in [0.3, 0.4) is 0 Å². The highest BCUT2D eigenvalue weighted by Crippen LogP contribution is 2.32. The number of rotatable bonds is 3. The van der Waals surface area contributed by atoms with Crippen molar-refractivity contribution in [1.29, 1.82) is 0 Å². The first-order chi connectivity index (χ1) is 7.33. The summed E-state index contributed by atoms with van der Waals surface area (Å²) < 4.78 is 0. The van der Waals surface area contributed by atoms with Crippen LogP contribution in [0.4, 0.5) is 5.69 Å². The number of benzene rings is 1. The van der Waals surface area contributed by atoms with Gasteiger partial charge in [-0.25, -0.2) is 0 Å². The van der Waals surface area contributed by atoms with Crippen molar-refractivity contribution in [2.45, 2.75) is 16.8 Å². The van der Waals surface area contributed by atoms with Crippen molar-refractivity contribution >= 4 is 23.4 Å². The molecule has 1 unspecified atom stereocenters. The molecule has 0 bridgehead atoms. The first kappa shape index (κ1) is 12.9. The number of carbonyl (C=O) groups excluding carboxylic acids is 1. The second kappa shape index (κ2) is 4.76. The lowest BCUT2D eigenvalue weighted by Crippen LogP contribution is -2.40. The fourth-order valence-corrected chi connectivity index (χ4v) is 2.34. The van der Waals surface area contributed by atoms with E-state index in [2.05, 4.69) is 0 Å². The summed E-state index contributed by atoms with van der Waals surface area (Å²) in [6.07, 6.45) is 0. The Morgan fingerprint density at radius 2 is 2.12 bits per heavy atom. The molecule has 1 atom stereocenters. The molecular formula is C11H16N2O2S. The van der Waals surface area contributed by atoms with Gasteiger partial charge in [0, 0.05) is 24.7 Å². The Balaban J connectivity index is 2.84. The third kappa shape index (κ3) is 3.15. The quantitative estimate of drug-likeness (QED) is 0.472. The van der Waals surface area contributed by atoms with E-state index in [1.54, 1.807) is 38.4 Å². The van der Waals surface area contributed by atoms with E-state index in [1.807, 2.05) is 0 Å². The molecule has 5 heteroatoms. The van der Waals surface area contributed by atoms with Gasteiger partial charge in [0.2, 0.25) is 0 Å². The Hall–Kier alpha value is -1.20. The number of thioether (sulfide) groups is 1. The summed E-state index contributed by atoms with van der Waals surface area (Å²) in [5.74, 6) is -0.347. The Kier molecular flexibility index (Phi) is 3.83. The number of aliphatic hydroxyl groups is 1. The second-order valence-electron chi connectivity index (χ2n) is 3.86. The first-order valence-electron chi connectivity index (χ1n) is 4.81. The summed E-state index contributed by atoms with van der Waals surface area (Å²) in [4.78, 5) is 12.3. The predicted octanol–water partition coefficient (Wildman–Crippen LogP) is 1.16. The van der Waals surface area contributed by atoms with Gasteiger partial charge >= 0.3 is 0 Å². The number of amides is 1. The Morgan fingerprint density at radius 3 is 2.62 bits per heavy atom. The predicted molar refractivity (Wildman–Crippen MR) is 66.0 cm³/mol. The van der Waals surface area contributed by atoms with Crippen LogP contribution in [0.1, 0.15) is 6.92 Å². The summed E-state index contributed by atoms with van der Waals surface area (Å²) in [7, 11) is 3.22. The van der Waals surface area contributed by atoms with E-state index in [1.165, 1.54) is 11.8 Å². The number of nitrogens with zero attached hydrogens (tertiary/aromatic N) is 1. The third-order valence-corrected chi connectivity index (χ3v) is 3.04. The molecule has 1 aromatic carbocycles. The highest BCUT2D eigenvalue weighted by atomic mass is 32.2. The van der Waals surface area contributed by atoms with Crippen LogP contribution in [0.5, 0.6) is 0 Å². The van der Waals surface area contributed by atoms with Gasteiger partial charge in [0.15, 0.2) is 4.93 Å². The number of nitrogens with two attached hydrogens (primary N) is 1. The molecule has 0 saturated carbocycles. The van der Waals surface area contributed by atoms with Crippen molar-refractivity contribution < 1.29 is 9.90 Å². The number of hydrogen-bond acceptors (Lipinski definition) is 4. The fraction of sp³-hybridized carbons (Fsp3) is 0.364. The largest absolute Gasteiger partial charge is 0.399 e.